The van der Waals surface area contributed by atoms with Crippen molar-refractivity contribution in [2.75, 3.05) is 26.0 Å². The summed E-state index contributed by atoms with van der Waals surface area (Å²) < 4.78 is 0. The molecule has 1 aliphatic heterocycles. The van der Waals surface area contributed by atoms with E-state index in [0.29, 0.717) is 0 Å². The molecule has 0 saturated carbocycles. The van der Waals surface area contributed by atoms with Crippen LogP contribution in [0.3, 0.4) is 0 Å². The molecule has 0 aliphatic carbocycles. The van der Waals surface area contributed by atoms with E-state index in [2.05, 4.69) is 63.7 Å². The van der Waals surface area contributed by atoms with Gasteiger partial charge in [0.2, 0.25) is 6.29 Å². The Morgan fingerprint density at radius 3 is 2.18 bits per heavy atom. The summed E-state index contributed by atoms with van der Waals surface area (Å²) >= 11 is -2.21. The number of benzene rings is 2. The Balaban J connectivity index is 0.000000640. The number of nitrogens with zero attached hydrogens (tertiary/aromatic N) is 6. The average molecular weight is 494 g/mol. The summed E-state index contributed by atoms with van der Waals surface area (Å²) in [6, 6.07) is 18.5. The van der Waals surface area contributed by atoms with Gasteiger partial charge in [0.25, 0.3) is 0 Å². The quantitative estimate of drug-likeness (QED) is 0.403. The molecule has 1 aliphatic rings. The molecule has 0 amide bonds. The van der Waals surface area contributed by atoms with Crippen LogP contribution in [0.4, 0.5) is 11.4 Å². The summed E-state index contributed by atoms with van der Waals surface area (Å²) in [6.07, 6.45) is 1.57. The molecular formula is C18H22Cl3N6Zn-. The maximum atomic E-state index is 5.01. The predicted molar refractivity (Wildman–Crippen MR) is 115 cm³/mol. The second-order valence-corrected chi connectivity index (χ2v) is 20.1. The van der Waals surface area contributed by atoms with Crippen molar-refractivity contribution in [1.82, 2.24) is 9.91 Å². The minimum absolute atomic E-state index is 0.176. The molecule has 1 heterocycles. The molecule has 3 rings (SSSR count). The zero-order valence-corrected chi connectivity index (χ0v) is 21.3. The summed E-state index contributed by atoms with van der Waals surface area (Å²) in [6.45, 7) is 0.872. The van der Waals surface area contributed by atoms with Gasteiger partial charge >= 0.3 is 42.1 Å². The Morgan fingerprint density at radius 2 is 1.64 bits per heavy atom. The SMILES string of the molecule is CN(Cc1ccccc1)c1ccc(N=NC2N(C)C=NN2C)cc1.[Cl][Zn-]([Cl])[Cl]. The van der Waals surface area contributed by atoms with E-state index in [-0.39, 0.29) is 6.29 Å². The van der Waals surface area contributed by atoms with Gasteiger partial charge in [0.1, 0.15) is 6.34 Å². The molecule has 2 aromatic rings. The monoisotopic (exact) mass is 491 g/mol. The van der Waals surface area contributed by atoms with Crippen molar-refractivity contribution in [1.29, 1.82) is 0 Å². The zero-order valence-electron chi connectivity index (χ0n) is 16.1. The Hall–Kier alpha value is -1.40. The summed E-state index contributed by atoms with van der Waals surface area (Å²) in [5, 5.41) is 14.6. The van der Waals surface area contributed by atoms with E-state index in [1.807, 2.05) is 37.2 Å². The van der Waals surface area contributed by atoms with Gasteiger partial charge in [-0.15, -0.1) is 5.11 Å². The van der Waals surface area contributed by atoms with Gasteiger partial charge in [-0.25, -0.2) is 0 Å². The second kappa shape index (κ2) is 11.6. The van der Waals surface area contributed by atoms with Crippen LogP contribution < -0.4 is 4.90 Å². The third-order valence-electron chi connectivity index (χ3n) is 3.94. The number of anilines is 1. The van der Waals surface area contributed by atoms with Crippen LogP contribution in [0.25, 0.3) is 0 Å². The number of halogens is 3. The Kier molecular flexibility index (Phi) is 9.46. The first kappa shape index (κ1) is 22.9. The third kappa shape index (κ3) is 7.55. The van der Waals surface area contributed by atoms with E-state index in [0.717, 1.165) is 17.9 Å². The minimum atomic E-state index is -2.21. The molecule has 10 heteroatoms. The van der Waals surface area contributed by atoms with Crippen LogP contribution in [-0.4, -0.2) is 43.7 Å². The summed E-state index contributed by atoms with van der Waals surface area (Å²) in [5.74, 6) is 0. The summed E-state index contributed by atoms with van der Waals surface area (Å²) in [7, 11) is 20.9. The molecule has 2 aromatic carbocycles. The molecule has 0 spiro atoms. The van der Waals surface area contributed by atoms with Crippen LogP contribution in [0.15, 0.2) is 69.9 Å². The van der Waals surface area contributed by atoms with E-state index in [9.17, 15) is 0 Å². The van der Waals surface area contributed by atoms with Gasteiger partial charge in [0.15, 0.2) is 0 Å². The van der Waals surface area contributed by atoms with Gasteiger partial charge in [0, 0.05) is 33.4 Å². The number of hydrogen-bond donors (Lipinski definition) is 0. The molecule has 148 valence electrons. The van der Waals surface area contributed by atoms with Gasteiger partial charge in [-0.05, 0) is 29.8 Å². The third-order valence-corrected chi connectivity index (χ3v) is 3.94. The van der Waals surface area contributed by atoms with Crippen LogP contribution in [0, 0.1) is 0 Å². The molecule has 28 heavy (non-hydrogen) atoms. The number of hydrazone groups is 1. The van der Waals surface area contributed by atoms with Crippen molar-refractivity contribution in [2.45, 2.75) is 12.8 Å². The van der Waals surface area contributed by atoms with Crippen LogP contribution in [-0.2, 0) is 19.5 Å². The van der Waals surface area contributed by atoms with Crippen molar-refractivity contribution in [3.8, 4) is 0 Å². The first-order valence-electron chi connectivity index (χ1n) is 8.68. The molecule has 0 saturated heterocycles. The van der Waals surface area contributed by atoms with Gasteiger partial charge in [0.05, 0.1) is 5.69 Å². The molecule has 6 nitrogen and oxygen atoms in total. The van der Waals surface area contributed by atoms with Crippen molar-refractivity contribution in [3.63, 3.8) is 0 Å². The second-order valence-electron chi connectivity index (χ2n) is 6.19. The first-order valence-corrected chi connectivity index (χ1v) is 20.4. The Bertz CT molecular complexity index is 758. The van der Waals surface area contributed by atoms with Crippen LogP contribution in [0.1, 0.15) is 5.56 Å². The van der Waals surface area contributed by atoms with Gasteiger partial charge < -0.3 is 9.80 Å². The van der Waals surface area contributed by atoms with E-state index in [4.69, 9.17) is 29.1 Å². The Labute approximate surface area is 183 Å². The number of azo groups is 1. The van der Waals surface area contributed by atoms with Crippen molar-refractivity contribution >= 4 is 46.8 Å². The fraction of sp³-hybridized carbons (Fsp3) is 0.278. The van der Waals surface area contributed by atoms with Crippen LogP contribution >= 0.6 is 29.1 Å². The molecular weight excluding hydrogens is 472 g/mol. The first-order chi connectivity index (χ1) is 13.4. The Morgan fingerprint density at radius 1 is 1.04 bits per heavy atom. The summed E-state index contributed by atoms with van der Waals surface area (Å²) in [5.41, 5.74) is 3.27. The van der Waals surface area contributed by atoms with E-state index < -0.39 is 13.0 Å². The molecule has 0 N–H and O–H groups in total. The molecule has 1 unspecified atom stereocenters. The van der Waals surface area contributed by atoms with Crippen LogP contribution in [0.2, 0.25) is 0 Å². The average Bonchev–Trinajstić information content (AvgIpc) is 2.98. The summed E-state index contributed by atoms with van der Waals surface area (Å²) in [4.78, 5) is 4.12. The van der Waals surface area contributed by atoms with Crippen molar-refractivity contribution in [2.24, 2.45) is 15.3 Å². The fourth-order valence-electron chi connectivity index (χ4n) is 2.54. The van der Waals surface area contributed by atoms with Gasteiger partial charge in [-0.2, -0.15) is 10.2 Å². The van der Waals surface area contributed by atoms with Crippen molar-refractivity contribution in [3.05, 3.63) is 60.2 Å². The normalized spacial score (nSPS) is 15.6. The predicted octanol–water partition coefficient (Wildman–Crippen LogP) is 5.58. The zero-order chi connectivity index (χ0) is 20.5. The molecule has 0 bridgehead atoms. The van der Waals surface area contributed by atoms with Crippen molar-refractivity contribution < 1.29 is 13.0 Å². The van der Waals surface area contributed by atoms with E-state index in [1.54, 1.807) is 11.3 Å². The fourth-order valence-corrected chi connectivity index (χ4v) is 2.54. The van der Waals surface area contributed by atoms with Gasteiger partial charge in [-0.3, -0.25) is 5.01 Å². The number of rotatable bonds is 5. The van der Waals surface area contributed by atoms with E-state index >= 15 is 0 Å². The standard InChI is InChI=1S/C18H22N6.3ClH.Zn/c1-22(13-15-7-5-4-6-8-15)17-11-9-16(10-12-17)20-21-18-23(2)14-19-24(18)3;;;;/h4-12,14,18H,13H2,1-3H3;3*1H;/q;;;;+2/p-3. The molecule has 1 atom stereocenters. The maximum absolute atomic E-state index is 5.01. The number of hydrogen-bond acceptors (Lipinski definition) is 6. The van der Waals surface area contributed by atoms with E-state index in [1.165, 1.54) is 5.56 Å². The molecule has 0 fully saturated rings. The topological polar surface area (TPSA) is 46.8 Å². The van der Waals surface area contributed by atoms with Crippen LogP contribution in [0.5, 0.6) is 0 Å². The molecule has 0 aromatic heterocycles. The van der Waals surface area contributed by atoms with Gasteiger partial charge in [-0.1, -0.05) is 30.3 Å². The molecule has 0 radical (unpaired) electrons.